The van der Waals surface area contributed by atoms with Crippen LogP contribution < -0.4 is 0 Å². The van der Waals surface area contributed by atoms with Gasteiger partial charge >= 0.3 is 0 Å². The summed E-state index contributed by atoms with van der Waals surface area (Å²) in [7, 11) is -1.07. The van der Waals surface area contributed by atoms with E-state index in [4.69, 9.17) is 0 Å². The molecule has 0 bridgehead atoms. The lowest BCUT2D eigenvalue weighted by molar-refractivity contribution is 0.457. The zero-order valence-corrected chi connectivity index (χ0v) is 25.7. The first-order chi connectivity index (χ1) is 12.5. The first kappa shape index (κ1) is 28.1. The highest BCUT2D eigenvalue weighted by atomic mass is 31.1. The minimum atomic E-state index is -1.08. The Morgan fingerprint density at radius 1 is 0.552 bits per heavy atom. The summed E-state index contributed by atoms with van der Waals surface area (Å²) in [6.07, 6.45) is 6.07. The van der Waals surface area contributed by atoms with E-state index in [1.54, 1.807) is 0 Å². The van der Waals surface area contributed by atoms with Crippen LogP contribution in [-0.2, 0) is 0 Å². The van der Waals surface area contributed by atoms with E-state index < -0.39 is 8.07 Å². The molecule has 0 aromatic carbocycles. The molecule has 0 aliphatic heterocycles. The Hall–Kier alpha value is 1.08. The molecule has 0 spiro atoms. The smallest absolute Gasteiger partial charge is 0.0474 e. The van der Waals surface area contributed by atoms with E-state index in [9.17, 15) is 0 Å². The molecule has 2 unspecified atom stereocenters. The van der Waals surface area contributed by atoms with Crippen molar-refractivity contribution < 1.29 is 0 Å². The van der Waals surface area contributed by atoms with Crippen LogP contribution in [-0.4, -0.2) is 41.0 Å². The Morgan fingerprint density at radius 2 is 0.793 bits per heavy atom. The summed E-state index contributed by atoms with van der Waals surface area (Å²) in [5, 5.41) is 1.81. The predicted octanol–water partition coefficient (Wildman–Crippen LogP) is 9.88. The van der Waals surface area contributed by atoms with Gasteiger partial charge in [-0.25, -0.2) is 0 Å². The van der Waals surface area contributed by atoms with Crippen LogP contribution in [0.5, 0.6) is 0 Å². The second-order valence-corrected chi connectivity index (χ2v) is 28.3. The SMILES string of the molecule is CC(C)(C)P(CC1CC([Si](C)(C)C)CC1CP(C(C)(C)C)C(C)(C)C)C(C)(C)C. The maximum Gasteiger partial charge on any atom is 0.0474 e. The van der Waals surface area contributed by atoms with Crippen molar-refractivity contribution in [3.63, 3.8) is 0 Å². The van der Waals surface area contributed by atoms with Crippen LogP contribution in [0, 0.1) is 11.8 Å². The Morgan fingerprint density at radius 3 is 0.966 bits per heavy atom. The lowest BCUT2D eigenvalue weighted by Crippen LogP contribution is -2.32. The fourth-order valence-corrected chi connectivity index (χ4v) is 16.0. The van der Waals surface area contributed by atoms with E-state index in [1.807, 2.05) is 0 Å². The topological polar surface area (TPSA) is 0 Å². The normalized spacial score (nSPS) is 25.3. The monoisotopic (exact) mass is 458 g/mol. The molecular formula is C26H56P2Si. The van der Waals surface area contributed by atoms with E-state index in [-0.39, 0.29) is 15.8 Å². The highest BCUT2D eigenvalue weighted by Gasteiger charge is 2.46. The summed E-state index contributed by atoms with van der Waals surface area (Å²) in [5.74, 6) is 1.93. The molecule has 174 valence electrons. The first-order valence-corrected chi connectivity index (χ1v) is 18.7. The van der Waals surface area contributed by atoms with Crippen molar-refractivity contribution in [2.45, 2.75) is 142 Å². The number of hydrogen-bond donors (Lipinski definition) is 0. The highest BCUT2D eigenvalue weighted by molar-refractivity contribution is 7.61. The third kappa shape index (κ3) is 8.17. The van der Waals surface area contributed by atoms with Gasteiger partial charge in [0.2, 0.25) is 0 Å². The van der Waals surface area contributed by atoms with Crippen molar-refractivity contribution >= 4 is 23.9 Å². The maximum absolute atomic E-state index is 2.63. The van der Waals surface area contributed by atoms with Gasteiger partial charge in [0, 0.05) is 8.07 Å². The summed E-state index contributed by atoms with van der Waals surface area (Å²) in [6.45, 7) is 38.1. The first-order valence-electron chi connectivity index (χ1n) is 12.1. The summed E-state index contributed by atoms with van der Waals surface area (Å²) in [5.41, 5.74) is 1.03. The summed E-state index contributed by atoms with van der Waals surface area (Å²) in [4.78, 5) is 0. The number of rotatable bonds is 5. The van der Waals surface area contributed by atoms with E-state index in [0.717, 1.165) is 17.4 Å². The van der Waals surface area contributed by atoms with E-state index in [1.165, 1.54) is 25.2 Å². The van der Waals surface area contributed by atoms with Crippen LogP contribution in [0.3, 0.4) is 0 Å². The fourth-order valence-electron chi connectivity index (χ4n) is 5.94. The Balaban J connectivity index is 3.23. The highest BCUT2D eigenvalue weighted by Crippen LogP contribution is 2.66. The van der Waals surface area contributed by atoms with Crippen molar-refractivity contribution in [3.8, 4) is 0 Å². The Labute approximate surface area is 189 Å². The van der Waals surface area contributed by atoms with Gasteiger partial charge in [-0.15, -0.1) is 0 Å². The molecule has 1 aliphatic rings. The standard InChI is InChI=1S/C26H56P2Si/c1-23(2,3)27(24(4,5)6)18-20-16-22(29(13,14)15)17-21(20)19-28(25(7,8)9)26(10,11)12/h20-22H,16-19H2,1-15H3. The van der Waals surface area contributed by atoms with Gasteiger partial charge in [0.05, 0.1) is 0 Å². The Kier molecular flexibility index (Phi) is 8.86. The van der Waals surface area contributed by atoms with Crippen molar-refractivity contribution in [1.29, 1.82) is 0 Å². The second-order valence-electron chi connectivity index (χ2n) is 15.0. The minimum absolute atomic E-state index is 0.00614. The lowest BCUT2D eigenvalue weighted by atomic mass is 10.0. The van der Waals surface area contributed by atoms with Crippen LogP contribution in [0.2, 0.25) is 25.2 Å². The predicted molar refractivity (Wildman–Crippen MR) is 146 cm³/mol. The van der Waals surface area contributed by atoms with Gasteiger partial charge in [0.15, 0.2) is 0 Å². The molecule has 0 nitrogen and oxygen atoms in total. The summed E-state index contributed by atoms with van der Waals surface area (Å²) in [6, 6.07) is 0. The second kappa shape index (κ2) is 9.14. The zero-order chi connectivity index (χ0) is 23.2. The van der Waals surface area contributed by atoms with Crippen molar-refractivity contribution in [2.75, 3.05) is 12.3 Å². The average Bonchev–Trinajstić information content (AvgIpc) is 2.80. The average molecular weight is 459 g/mol. The molecular weight excluding hydrogens is 402 g/mol. The van der Waals surface area contributed by atoms with Crippen LogP contribution in [0.15, 0.2) is 0 Å². The Bertz CT molecular complexity index is 449. The van der Waals surface area contributed by atoms with E-state index in [2.05, 4.69) is 103 Å². The van der Waals surface area contributed by atoms with Gasteiger partial charge in [-0.05, 0) is 63.2 Å². The van der Waals surface area contributed by atoms with Crippen molar-refractivity contribution in [3.05, 3.63) is 0 Å². The van der Waals surface area contributed by atoms with Gasteiger partial charge in [-0.2, -0.15) is 0 Å². The van der Waals surface area contributed by atoms with Gasteiger partial charge in [0.25, 0.3) is 0 Å². The third-order valence-corrected chi connectivity index (χ3v) is 18.2. The molecule has 29 heavy (non-hydrogen) atoms. The molecule has 1 saturated carbocycles. The summed E-state index contributed by atoms with van der Waals surface area (Å²) < 4.78 is 0. The summed E-state index contributed by atoms with van der Waals surface area (Å²) >= 11 is 0. The van der Waals surface area contributed by atoms with Gasteiger partial charge < -0.3 is 0 Å². The molecule has 0 aromatic rings. The van der Waals surface area contributed by atoms with Gasteiger partial charge in [-0.1, -0.05) is 119 Å². The third-order valence-electron chi connectivity index (χ3n) is 7.14. The van der Waals surface area contributed by atoms with Gasteiger partial charge in [0.1, 0.15) is 0 Å². The van der Waals surface area contributed by atoms with Crippen LogP contribution in [0.1, 0.15) is 95.9 Å². The molecule has 0 saturated heterocycles. The van der Waals surface area contributed by atoms with Crippen LogP contribution in [0.4, 0.5) is 0 Å². The van der Waals surface area contributed by atoms with Gasteiger partial charge in [-0.3, -0.25) is 0 Å². The maximum atomic E-state index is 2.63. The molecule has 0 aromatic heterocycles. The molecule has 1 aliphatic carbocycles. The molecule has 0 radical (unpaired) electrons. The molecule has 0 amide bonds. The fraction of sp³-hybridized carbons (Fsp3) is 1.00. The van der Waals surface area contributed by atoms with Crippen molar-refractivity contribution in [2.24, 2.45) is 11.8 Å². The number of hydrogen-bond acceptors (Lipinski definition) is 0. The minimum Gasteiger partial charge on any atom is -0.0954 e. The van der Waals surface area contributed by atoms with E-state index in [0.29, 0.717) is 20.6 Å². The van der Waals surface area contributed by atoms with Crippen LogP contribution >= 0.6 is 15.8 Å². The zero-order valence-electron chi connectivity index (χ0n) is 23.0. The van der Waals surface area contributed by atoms with Crippen molar-refractivity contribution in [1.82, 2.24) is 0 Å². The molecule has 1 fully saturated rings. The molecule has 1 rings (SSSR count). The quantitative estimate of drug-likeness (QED) is 0.284. The molecule has 2 atom stereocenters. The molecule has 0 N–H and O–H groups in total. The largest absolute Gasteiger partial charge is 0.0954 e. The molecule has 3 heteroatoms. The molecule has 0 heterocycles. The van der Waals surface area contributed by atoms with Crippen LogP contribution in [0.25, 0.3) is 0 Å². The lowest BCUT2D eigenvalue weighted by Gasteiger charge is -2.46. The van der Waals surface area contributed by atoms with E-state index >= 15 is 0 Å².